The van der Waals surface area contributed by atoms with E-state index in [4.69, 9.17) is 15.2 Å². The summed E-state index contributed by atoms with van der Waals surface area (Å²) in [5.41, 5.74) is 0.753. The predicted molar refractivity (Wildman–Crippen MR) is 160 cm³/mol. The van der Waals surface area contributed by atoms with Gasteiger partial charge in [-0.05, 0) is 75.2 Å². The number of nitrogens with one attached hydrogen (secondary N) is 1. The van der Waals surface area contributed by atoms with Crippen LogP contribution in [0.25, 0.3) is 22.5 Å². The molecular formula is C33H29F4N5O5. The van der Waals surface area contributed by atoms with Gasteiger partial charge in [-0.3, -0.25) is 19.6 Å². The minimum Gasteiger partial charge on any atom is -0.490 e. The van der Waals surface area contributed by atoms with Gasteiger partial charge in [0.25, 0.3) is 5.91 Å². The van der Waals surface area contributed by atoms with Gasteiger partial charge in [0.1, 0.15) is 35.0 Å². The molecule has 6 rings (SSSR count). The summed E-state index contributed by atoms with van der Waals surface area (Å²) < 4.78 is 69.7. The maximum absolute atomic E-state index is 14.8. The van der Waals surface area contributed by atoms with E-state index in [9.17, 15) is 32.3 Å². The minimum absolute atomic E-state index is 0.00932. The van der Waals surface area contributed by atoms with E-state index in [2.05, 4.69) is 20.3 Å². The fraction of sp³-hybridized carbons (Fsp3) is 0.303. The number of halogens is 4. The van der Waals surface area contributed by atoms with Crippen molar-refractivity contribution in [3.63, 3.8) is 0 Å². The van der Waals surface area contributed by atoms with Crippen molar-refractivity contribution in [1.82, 2.24) is 20.3 Å². The number of aromatic nitrogens is 3. The van der Waals surface area contributed by atoms with E-state index in [1.807, 2.05) is 0 Å². The van der Waals surface area contributed by atoms with Crippen molar-refractivity contribution < 1.29 is 41.7 Å². The van der Waals surface area contributed by atoms with Crippen LogP contribution in [0, 0.1) is 12.7 Å². The van der Waals surface area contributed by atoms with Crippen LogP contribution in [-0.4, -0.2) is 57.3 Å². The van der Waals surface area contributed by atoms with Crippen molar-refractivity contribution >= 4 is 11.8 Å². The van der Waals surface area contributed by atoms with Crippen molar-refractivity contribution in [2.75, 3.05) is 13.2 Å². The number of aryl methyl sites for hydroxylation is 1. The Bertz CT molecular complexity index is 1870. The number of fused-ring (bicyclic) bond motifs is 1. The summed E-state index contributed by atoms with van der Waals surface area (Å²) in [6.45, 7) is 1.49. The molecule has 14 heteroatoms. The number of rotatable bonds is 9. The van der Waals surface area contributed by atoms with E-state index < -0.39 is 47.1 Å². The van der Waals surface area contributed by atoms with Crippen LogP contribution in [0.2, 0.25) is 0 Å². The SMILES string of the molecule is Cc1cnc(-c2cc(C(=O)NCC(O)(c3cc4c(c(-c5ccc(F)cc5)n3)OC[C@]4(C)C(N)=O)C(F)(F)F)ccc2OC2CC2)cn1. The molecule has 2 amide bonds. The number of hydrogen-bond donors (Lipinski definition) is 3. The number of benzene rings is 2. The quantitative estimate of drug-likeness (QED) is 0.224. The van der Waals surface area contributed by atoms with Crippen LogP contribution >= 0.6 is 0 Å². The standard InChI is InChI=1S/C33H29F4N5O5/c1-17-13-40-24(14-39-17)22-11-19(5-10-25(22)47-21-8-9-21)29(43)41-15-32(45,33(35,36)37)26-12-23-28(46-16-31(23,2)30(38)44)27(42-26)18-3-6-20(34)7-4-18/h3-7,10-14,21,45H,8-9,15-16H2,1-2H3,(H2,38,44)(H,41,43)/t31-,32?/m0/s1. The van der Waals surface area contributed by atoms with Gasteiger partial charge in [0.05, 0.1) is 35.9 Å². The molecule has 0 spiro atoms. The van der Waals surface area contributed by atoms with Gasteiger partial charge in [-0.1, -0.05) is 0 Å². The molecule has 2 aliphatic rings. The average Bonchev–Trinajstić information content (AvgIpc) is 3.79. The molecule has 2 aromatic heterocycles. The second kappa shape index (κ2) is 11.6. The summed E-state index contributed by atoms with van der Waals surface area (Å²) in [6.07, 6.45) is -0.603. The lowest BCUT2D eigenvalue weighted by molar-refractivity contribution is -0.265. The van der Waals surface area contributed by atoms with E-state index >= 15 is 0 Å². The van der Waals surface area contributed by atoms with Gasteiger partial charge in [-0.25, -0.2) is 9.37 Å². The van der Waals surface area contributed by atoms with Gasteiger partial charge in [0.2, 0.25) is 11.5 Å². The van der Waals surface area contributed by atoms with Crippen LogP contribution in [0.1, 0.15) is 47.1 Å². The molecular weight excluding hydrogens is 622 g/mol. The summed E-state index contributed by atoms with van der Waals surface area (Å²) in [7, 11) is 0. The fourth-order valence-electron chi connectivity index (χ4n) is 5.12. The Morgan fingerprint density at radius 2 is 1.83 bits per heavy atom. The maximum atomic E-state index is 14.8. The Kier molecular flexibility index (Phi) is 7.86. The number of carbonyl (C=O) groups is 2. The number of primary amides is 1. The summed E-state index contributed by atoms with van der Waals surface area (Å²) in [5.74, 6) is -2.02. The Balaban J connectivity index is 1.37. The molecule has 0 saturated heterocycles. The highest BCUT2D eigenvalue weighted by molar-refractivity contribution is 5.96. The summed E-state index contributed by atoms with van der Waals surface area (Å²) >= 11 is 0. The summed E-state index contributed by atoms with van der Waals surface area (Å²) in [6, 6.07) is 9.94. The second-order valence-corrected chi connectivity index (χ2v) is 11.8. The number of nitrogens with two attached hydrogens (primary N) is 1. The van der Waals surface area contributed by atoms with Crippen molar-refractivity contribution in [2.24, 2.45) is 5.73 Å². The van der Waals surface area contributed by atoms with Crippen LogP contribution in [-0.2, 0) is 15.8 Å². The zero-order valence-corrected chi connectivity index (χ0v) is 25.2. The Morgan fingerprint density at radius 1 is 1.11 bits per heavy atom. The zero-order valence-electron chi connectivity index (χ0n) is 25.2. The van der Waals surface area contributed by atoms with Gasteiger partial charge < -0.3 is 25.6 Å². The molecule has 2 aromatic carbocycles. The number of hydrogen-bond acceptors (Lipinski definition) is 8. The van der Waals surface area contributed by atoms with Gasteiger partial charge in [0.15, 0.2) is 0 Å². The summed E-state index contributed by atoms with van der Waals surface area (Å²) in [5, 5.41) is 13.5. The Labute approximate surface area is 266 Å². The van der Waals surface area contributed by atoms with Gasteiger partial charge in [-0.15, -0.1) is 0 Å². The third kappa shape index (κ3) is 5.96. The number of ether oxygens (including phenoxy) is 2. The summed E-state index contributed by atoms with van der Waals surface area (Å²) in [4.78, 5) is 38.5. The molecule has 47 heavy (non-hydrogen) atoms. The van der Waals surface area contributed by atoms with Crippen molar-refractivity contribution in [3.05, 3.63) is 89.3 Å². The third-order valence-electron chi connectivity index (χ3n) is 8.25. The van der Waals surface area contributed by atoms with Crippen LogP contribution in [0.15, 0.2) is 60.9 Å². The first-order valence-electron chi connectivity index (χ1n) is 14.6. The highest BCUT2D eigenvalue weighted by Crippen LogP contribution is 2.47. The monoisotopic (exact) mass is 651 g/mol. The van der Waals surface area contributed by atoms with Crippen LogP contribution < -0.4 is 20.5 Å². The van der Waals surface area contributed by atoms with E-state index in [0.29, 0.717) is 22.7 Å². The number of alkyl halides is 3. The molecule has 3 heterocycles. The molecule has 0 radical (unpaired) electrons. The number of pyridine rings is 1. The zero-order chi connectivity index (χ0) is 33.7. The number of nitrogens with zero attached hydrogens (tertiary/aromatic N) is 3. The lowest BCUT2D eigenvalue weighted by atomic mass is 9.81. The highest BCUT2D eigenvalue weighted by Gasteiger charge is 2.57. The van der Waals surface area contributed by atoms with Gasteiger partial charge >= 0.3 is 6.18 Å². The second-order valence-electron chi connectivity index (χ2n) is 11.8. The molecule has 1 unspecified atom stereocenters. The number of carbonyl (C=O) groups excluding carboxylic acids is 2. The molecule has 244 valence electrons. The Hall–Kier alpha value is -5.11. The Morgan fingerprint density at radius 3 is 2.45 bits per heavy atom. The van der Waals surface area contributed by atoms with Crippen molar-refractivity contribution in [3.8, 4) is 34.0 Å². The van der Waals surface area contributed by atoms with Gasteiger partial charge in [0, 0.05) is 28.5 Å². The molecule has 1 fully saturated rings. The third-order valence-corrected chi connectivity index (χ3v) is 8.25. The van der Waals surface area contributed by atoms with E-state index in [1.54, 1.807) is 6.92 Å². The molecule has 2 atom stereocenters. The molecule has 1 aliphatic heterocycles. The first kappa shape index (κ1) is 31.9. The molecule has 4 aromatic rings. The van der Waals surface area contributed by atoms with E-state index in [1.165, 1.54) is 49.6 Å². The number of amides is 2. The smallest absolute Gasteiger partial charge is 0.424 e. The predicted octanol–water partition coefficient (Wildman–Crippen LogP) is 4.51. The average molecular weight is 652 g/mol. The molecule has 0 bridgehead atoms. The van der Waals surface area contributed by atoms with Crippen LogP contribution in [0.5, 0.6) is 11.5 Å². The topological polar surface area (TPSA) is 150 Å². The largest absolute Gasteiger partial charge is 0.490 e. The van der Waals surface area contributed by atoms with Crippen molar-refractivity contribution in [2.45, 2.75) is 50.0 Å². The van der Waals surface area contributed by atoms with Crippen LogP contribution in [0.4, 0.5) is 17.6 Å². The molecule has 1 saturated carbocycles. The van der Waals surface area contributed by atoms with Gasteiger partial charge in [-0.2, -0.15) is 13.2 Å². The highest BCUT2D eigenvalue weighted by atomic mass is 19.4. The van der Waals surface area contributed by atoms with Crippen LogP contribution in [0.3, 0.4) is 0 Å². The lowest BCUT2D eigenvalue weighted by Gasteiger charge is -2.31. The first-order chi connectivity index (χ1) is 22.2. The normalized spacial score (nSPS) is 18.5. The minimum atomic E-state index is -5.37. The van der Waals surface area contributed by atoms with E-state index in [-0.39, 0.29) is 40.8 Å². The maximum Gasteiger partial charge on any atom is 0.424 e. The fourth-order valence-corrected chi connectivity index (χ4v) is 5.12. The van der Waals surface area contributed by atoms with Crippen molar-refractivity contribution in [1.29, 1.82) is 0 Å². The van der Waals surface area contributed by atoms with E-state index in [0.717, 1.165) is 31.0 Å². The molecule has 4 N–H and O–H groups in total. The molecule has 10 nitrogen and oxygen atoms in total. The lowest BCUT2D eigenvalue weighted by Crippen LogP contribution is -2.51. The molecule has 1 aliphatic carbocycles. The number of aliphatic hydroxyl groups is 1. The first-order valence-corrected chi connectivity index (χ1v) is 14.6.